The van der Waals surface area contributed by atoms with Crippen molar-refractivity contribution in [3.63, 3.8) is 0 Å². The maximum absolute atomic E-state index is 13.5. The van der Waals surface area contributed by atoms with E-state index >= 15 is 0 Å². The molecule has 2 aromatic rings. The Morgan fingerprint density at radius 3 is 2.70 bits per heavy atom. The number of nitrogens with two attached hydrogens (primary N) is 1. The summed E-state index contributed by atoms with van der Waals surface area (Å²) in [5.41, 5.74) is 8.28. The molecule has 0 radical (unpaired) electrons. The number of hydrogen-bond donors (Lipinski definition) is 1. The van der Waals surface area contributed by atoms with Gasteiger partial charge in [-0.3, -0.25) is 0 Å². The highest BCUT2D eigenvalue weighted by Crippen LogP contribution is 2.24. The summed E-state index contributed by atoms with van der Waals surface area (Å²) in [7, 11) is 0. The minimum Gasteiger partial charge on any atom is -0.327 e. The maximum Gasteiger partial charge on any atom is 0.136 e. The predicted octanol–water partition coefficient (Wildman–Crippen LogP) is 4.45. The lowest BCUT2D eigenvalue weighted by atomic mass is 10.1. The molecule has 0 aliphatic rings. The Morgan fingerprint density at radius 2 is 2.00 bits per heavy atom. The quantitative estimate of drug-likeness (QED) is 0.826. The Morgan fingerprint density at radius 1 is 1.25 bits per heavy atom. The van der Waals surface area contributed by atoms with Crippen LogP contribution in [0, 0.1) is 12.7 Å². The topological polar surface area (TPSA) is 26.0 Å². The van der Waals surface area contributed by atoms with E-state index < -0.39 is 0 Å². The molecule has 1 atom stereocenters. The van der Waals surface area contributed by atoms with Crippen LogP contribution in [-0.2, 0) is 6.42 Å². The smallest absolute Gasteiger partial charge is 0.136 e. The Kier molecular flexibility index (Phi) is 5.46. The van der Waals surface area contributed by atoms with Crippen LogP contribution in [0.15, 0.2) is 47.4 Å². The van der Waals surface area contributed by atoms with Crippen molar-refractivity contribution in [3.8, 4) is 0 Å². The molecule has 0 amide bonds. The second kappa shape index (κ2) is 7.11. The number of hydrogen-bond acceptors (Lipinski definition) is 2. The molecule has 0 aromatic heterocycles. The molecule has 2 N–H and O–H groups in total. The Labute approximate surface area is 128 Å². The van der Waals surface area contributed by atoms with Gasteiger partial charge in [-0.05, 0) is 42.7 Å². The second-order valence-electron chi connectivity index (χ2n) is 4.80. The van der Waals surface area contributed by atoms with E-state index in [1.54, 1.807) is 12.1 Å². The first-order chi connectivity index (χ1) is 9.56. The van der Waals surface area contributed by atoms with Gasteiger partial charge in [-0.25, -0.2) is 4.39 Å². The highest BCUT2D eigenvalue weighted by Gasteiger charge is 2.09. The highest BCUT2D eigenvalue weighted by atomic mass is 35.5. The van der Waals surface area contributed by atoms with E-state index in [1.807, 2.05) is 31.2 Å². The summed E-state index contributed by atoms with van der Waals surface area (Å²) < 4.78 is 13.5. The fourth-order valence-corrected chi connectivity index (χ4v) is 3.12. The van der Waals surface area contributed by atoms with Crippen LogP contribution >= 0.6 is 23.4 Å². The molecule has 0 bridgehead atoms. The predicted molar refractivity (Wildman–Crippen MR) is 85.0 cm³/mol. The average Bonchev–Trinajstić information content (AvgIpc) is 2.41. The number of benzene rings is 2. The third-order valence-corrected chi connectivity index (χ3v) is 4.57. The molecule has 0 aliphatic carbocycles. The molecule has 0 spiro atoms. The zero-order valence-corrected chi connectivity index (χ0v) is 12.8. The minimum atomic E-state index is -0.196. The van der Waals surface area contributed by atoms with Gasteiger partial charge in [0.15, 0.2) is 0 Å². The van der Waals surface area contributed by atoms with Gasteiger partial charge in [0.2, 0.25) is 0 Å². The summed E-state index contributed by atoms with van der Waals surface area (Å²) in [5, 5.41) is 0.747. The van der Waals surface area contributed by atoms with Gasteiger partial charge in [0.1, 0.15) is 5.82 Å². The fraction of sp³-hybridized carbons (Fsp3) is 0.250. The summed E-state index contributed by atoms with van der Waals surface area (Å²) in [6, 6.07) is 12.7. The molecule has 1 nitrogen and oxygen atoms in total. The summed E-state index contributed by atoms with van der Waals surface area (Å²) >= 11 is 7.63. The minimum absolute atomic E-state index is 0.0557. The second-order valence-corrected chi connectivity index (χ2v) is 6.27. The van der Waals surface area contributed by atoms with E-state index in [0.717, 1.165) is 16.1 Å². The summed E-state index contributed by atoms with van der Waals surface area (Å²) in [5.74, 6) is 0.462. The molecule has 2 rings (SSSR count). The number of thioether (sulfide) groups is 1. The maximum atomic E-state index is 13.5. The van der Waals surface area contributed by atoms with Crippen LogP contribution in [0.1, 0.15) is 11.1 Å². The molecule has 2 aromatic carbocycles. The largest absolute Gasteiger partial charge is 0.327 e. The SMILES string of the molecule is Cc1ccc(CC(N)CSc2ccccc2F)c(Cl)c1. The van der Waals surface area contributed by atoms with E-state index in [-0.39, 0.29) is 11.9 Å². The van der Waals surface area contributed by atoms with Crippen molar-refractivity contribution in [2.24, 2.45) is 5.73 Å². The number of rotatable bonds is 5. The zero-order valence-electron chi connectivity index (χ0n) is 11.3. The zero-order chi connectivity index (χ0) is 14.5. The third kappa shape index (κ3) is 4.23. The van der Waals surface area contributed by atoms with Crippen molar-refractivity contribution >= 4 is 23.4 Å². The summed E-state index contributed by atoms with van der Waals surface area (Å²) in [4.78, 5) is 0.637. The molecule has 0 saturated heterocycles. The first-order valence-electron chi connectivity index (χ1n) is 6.44. The van der Waals surface area contributed by atoms with Gasteiger partial charge in [0.25, 0.3) is 0 Å². The highest BCUT2D eigenvalue weighted by molar-refractivity contribution is 7.99. The first-order valence-corrected chi connectivity index (χ1v) is 7.80. The Balaban J connectivity index is 1.92. The van der Waals surface area contributed by atoms with Gasteiger partial charge in [0.05, 0.1) is 0 Å². The average molecular weight is 310 g/mol. The van der Waals surface area contributed by atoms with Crippen LogP contribution in [0.5, 0.6) is 0 Å². The first kappa shape index (κ1) is 15.4. The van der Waals surface area contributed by atoms with Crippen molar-refractivity contribution < 1.29 is 4.39 Å². The monoisotopic (exact) mass is 309 g/mol. The van der Waals surface area contributed by atoms with Crippen molar-refractivity contribution in [1.82, 2.24) is 0 Å². The van der Waals surface area contributed by atoms with Gasteiger partial charge in [-0.1, -0.05) is 35.9 Å². The molecule has 0 saturated carbocycles. The molecule has 4 heteroatoms. The van der Waals surface area contributed by atoms with Crippen molar-refractivity contribution in [3.05, 3.63) is 64.4 Å². The molecule has 106 valence electrons. The molecular weight excluding hydrogens is 293 g/mol. The van der Waals surface area contributed by atoms with E-state index in [2.05, 4.69) is 0 Å². The molecule has 1 unspecified atom stereocenters. The van der Waals surface area contributed by atoms with E-state index in [4.69, 9.17) is 17.3 Å². The van der Waals surface area contributed by atoms with Crippen molar-refractivity contribution in [2.45, 2.75) is 24.3 Å². The van der Waals surface area contributed by atoms with Gasteiger partial charge >= 0.3 is 0 Å². The fourth-order valence-electron chi connectivity index (χ4n) is 1.92. The lowest BCUT2D eigenvalue weighted by molar-refractivity contribution is 0.601. The number of halogens is 2. The summed E-state index contributed by atoms with van der Waals surface area (Å²) in [6.07, 6.45) is 0.695. The third-order valence-electron chi connectivity index (χ3n) is 2.98. The van der Waals surface area contributed by atoms with Crippen LogP contribution in [-0.4, -0.2) is 11.8 Å². The van der Waals surface area contributed by atoms with E-state index in [1.165, 1.54) is 17.8 Å². The van der Waals surface area contributed by atoms with Crippen LogP contribution in [0.3, 0.4) is 0 Å². The molecule has 0 fully saturated rings. The standard InChI is InChI=1S/C16H17ClFNS/c1-11-6-7-12(14(17)8-11)9-13(19)10-20-16-5-3-2-4-15(16)18/h2-8,13H,9-10,19H2,1H3. The molecular formula is C16H17ClFNS. The lowest BCUT2D eigenvalue weighted by Crippen LogP contribution is -2.25. The van der Waals surface area contributed by atoms with Gasteiger partial charge in [-0.15, -0.1) is 11.8 Å². The van der Waals surface area contributed by atoms with Gasteiger partial charge < -0.3 is 5.73 Å². The van der Waals surface area contributed by atoms with Crippen LogP contribution < -0.4 is 5.73 Å². The van der Waals surface area contributed by atoms with Gasteiger partial charge in [0, 0.05) is 21.7 Å². The molecule has 20 heavy (non-hydrogen) atoms. The van der Waals surface area contributed by atoms with Crippen LogP contribution in [0.4, 0.5) is 4.39 Å². The van der Waals surface area contributed by atoms with E-state index in [9.17, 15) is 4.39 Å². The van der Waals surface area contributed by atoms with Crippen molar-refractivity contribution in [1.29, 1.82) is 0 Å². The Hall–Kier alpha value is -1.03. The van der Waals surface area contributed by atoms with E-state index in [0.29, 0.717) is 17.1 Å². The molecule has 0 heterocycles. The molecule has 0 aliphatic heterocycles. The number of aryl methyl sites for hydroxylation is 1. The van der Waals surface area contributed by atoms with Crippen LogP contribution in [0.25, 0.3) is 0 Å². The summed E-state index contributed by atoms with van der Waals surface area (Å²) in [6.45, 7) is 2.00. The van der Waals surface area contributed by atoms with Crippen molar-refractivity contribution in [2.75, 3.05) is 5.75 Å². The Bertz CT molecular complexity index is 588. The normalized spacial score (nSPS) is 12.4. The lowest BCUT2D eigenvalue weighted by Gasteiger charge is -2.13. The van der Waals surface area contributed by atoms with Gasteiger partial charge in [-0.2, -0.15) is 0 Å². The van der Waals surface area contributed by atoms with Crippen LogP contribution in [0.2, 0.25) is 5.02 Å².